The van der Waals surface area contributed by atoms with E-state index in [4.69, 9.17) is 0 Å². The molecule has 156 valence electrons. The largest absolute Gasteiger partial charge is 0.392 e. The van der Waals surface area contributed by atoms with Crippen molar-refractivity contribution in [1.29, 1.82) is 0 Å². The van der Waals surface area contributed by atoms with Crippen LogP contribution in [0.25, 0.3) is 0 Å². The second-order valence-corrected chi connectivity index (χ2v) is 9.92. The van der Waals surface area contributed by atoms with Crippen LogP contribution < -0.4 is 0 Å². The van der Waals surface area contributed by atoms with Gasteiger partial charge in [-0.25, -0.2) is 0 Å². The van der Waals surface area contributed by atoms with Crippen molar-refractivity contribution in [3.63, 3.8) is 0 Å². The van der Waals surface area contributed by atoms with E-state index in [1.165, 1.54) is 37.7 Å². The average molecular weight is 401 g/mol. The summed E-state index contributed by atoms with van der Waals surface area (Å²) in [6, 6.07) is 16.3. The van der Waals surface area contributed by atoms with Crippen molar-refractivity contribution in [1.82, 2.24) is 0 Å². The molecular formula is C28H32O2. The molecule has 5 atom stereocenters. The second kappa shape index (κ2) is 7.81. The van der Waals surface area contributed by atoms with E-state index >= 15 is 0 Å². The molecule has 0 bridgehead atoms. The number of aryl methyl sites for hydroxylation is 1. The maximum atomic E-state index is 12.6. The summed E-state index contributed by atoms with van der Waals surface area (Å²) in [6.45, 7) is 2.63. The molecule has 3 aliphatic rings. The highest BCUT2D eigenvalue weighted by Crippen LogP contribution is 2.63. The Kier molecular flexibility index (Phi) is 5.14. The van der Waals surface area contributed by atoms with Gasteiger partial charge in [0.2, 0.25) is 0 Å². The van der Waals surface area contributed by atoms with Crippen LogP contribution in [0.2, 0.25) is 0 Å². The van der Waals surface area contributed by atoms with Gasteiger partial charge in [-0.3, -0.25) is 4.79 Å². The van der Waals surface area contributed by atoms with Crippen LogP contribution >= 0.6 is 0 Å². The summed E-state index contributed by atoms with van der Waals surface area (Å²) in [4.78, 5) is 12.6. The molecule has 0 heterocycles. The molecule has 2 saturated carbocycles. The fraction of sp³-hybridized carbons (Fsp3) is 0.464. The highest BCUT2D eigenvalue weighted by molar-refractivity contribution is 6.04. The maximum absolute atomic E-state index is 12.6. The number of hydrogen-bond donors (Lipinski definition) is 1. The Balaban J connectivity index is 1.35. The number of ketones is 1. The van der Waals surface area contributed by atoms with Crippen LogP contribution in [0.4, 0.5) is 0 Å². The van der Waals surface area contributed by atoms with Crippen LogP contribution in [0.5, 0.6) is 0 Å². The third kappa shape index (κ3) is 3.26. The van der Waals surface area contributed by atoms with Gasteiger partial charge < -0.3 is 5.11 Å². The highest BCUT2D eigenvalue weighted by Gasteiger charge is 2.53. The van der Waals surface area contributed by atoms with Gasteiger partial charge in [0, 0.05) is 5.56 Å². The molecule has 2 aromatic carbocycles. The summed E-state index contributed by atoms with van der Waals surface area (Å²) in [7, 11) is 0. The van der Waals surface area contributed by atoms with E-state index in [2.05, 4.69) is 31.2 Å². The molecule has 0 radical (unpaired) electrons. The number of carbonyl (C=O) groups excluding carboxylic acids is 1. The zero-order valence-corrected chi connectivity index (χ0v) is 17.9. The summed E-state index contributed by atoms with van der Waals surface area (Å²) < 4.78 is 0. The zero-order valence-electron chi connectivity index (χ0n) is 17.9. The Morgan fingerprint density at radius 3 is 2.73 bits per heavy atom. The van der Waals surface area contributed by atoms with E-state index in [0.717, 1.165) is 29.4 Å². The van der Waals surface area contributed by atoms with Crippen molar-refractivity contribution in [2.75, 3.05) is 0 Å². The van der Waals surface area contributed by atoms with Crippen molar-refractivity contribution < 1.29 is 9.90 Å². The van der Waals surface area contributed by atoms with Crippen LogP contribution in [0, 0.1) is 23.2 Å². The molecule has 0 aromatic heterocycles. The minimum Gasteiger partial charge on any atom is -0.392 e. The molecule has 2 heteroatoms. The number of hydrogen-bond acceptors (Lipinski definition) is 2. The van der Waals surface area contributed by atoms with Gasteiger partial charge >= 0.3 is 0 Å². The Hall–Kier alpha value is -2.19. The molecule has 3 aliphatic carbocycles. The SMILES string of the molecule is C[C@]12CC[C@@H]3c4ccc(CO)cc4CC[C@H]3[C@@H]1CC[C@@H]2/C=C/C(=O)c1ccccc1. The monoisotopic (exact) mass is 400 g/mol. The van der Waals surface area contributed by atoms with Gasteiger partial charge in [-0.2, -0.15) is 0 Å². The standard InChI is InChI=1S/C28H32O2/c1-28-16-15-24-23-11-7-19(18-29)17-21(23)8-12-25(24)26(28)13-9-22(28)10-14-27(30)20-5-3-2-4-6-20/h2-7,10-11,14,17,22,24-26,29H,8-9,12-13,15-16,18H2,1H3/b14-10+/t22-,24-,25-,26+,28-/m1/s1. The number of benzene rings is 2. The molecule has 0 unspecified atom stereocenters. The molecule has 2 nitrogen and oxygen atoms in total. The Morgan fingerprint density at radius 1 is 1.10 bits per heavy atom. The van der Waals surface area contributed by atoms with E-state index in [1.54, 1.807) is 5.56 Å². The predicted molar refractivity (Wildman–Crippen MR) is 120 cm³/mol. The van der Waals surface area contributed by atoms with Crippen molar-refractivity contribution in [2.45, 2.75) is 58.0 Å². The summed E-state index contributed by atoms with van der Waals surface area (Å²) in [5, 5.41) is 9.49. The number of rotatable bonds is 4. The zero-order chi connectivity index (χ0) is 20.7. The molecule has 5 rings (SSSR count). The lowest BCUT2D eigenvalue weighted by Crippen LogP contribution is -2.42. The van der Waals surface area contributed by atoms with Crippen LogP contribution in [-0.2, 0) is 13.0 Å². The lowest BCUT2D eigenvalue weighted by molar-refractivity contribution is 0.0409. The molecule has 1 N–H and O–H groups in total. The van der Waals surface area contributed by atoms with Crippen molar-refractivity contribution >= 4 is 5.78 Å². The molecule has 2 fully saturated rings. The Morgan fingerprint density at radius 2 is 1.93 bits per heavy atom. The minimum absolute atomic E-state index is 0.127. The maximum Gasteiger partial charge on any atom is 0.185 e. The van der Waals surface area contributed by atoms with E-state index < -0.39 is 0 Å². The lowest BCUT2D eigenvalue weighted by atomic mass is 9.54. The molecule has 30 heavy (non-hydrogen) atoms. The number of fused-ring (bicyclic) bond motifs is 5. The molecular weight excluding hydrogens is 368 g/mol. The first-order chi connectivity index (χ1) is 14.6. The van der Waals surface area contributed by atoms with Crippen LogP contribution in [0.15, 0.2) is 60.7 Å². The summed E-state index contributed by atoms with van der Waals surface area (Å²) >= 11 is 0. The second-order valence-electron chi connectivity index (χ2n) is 9.92. The van der Waals surface area contributed by atoms with Crippen molar-refractivity contribution in [2.24, 2.45) is 23.2 Å². The van der Waals surface area contributed by atoms with Gasteiger partial charge in [0.25, 0.3) is 0 Å². The summed E-state index contributed by atoms with van der Waals surface area (Å²) in [6.07, 6.45) is 11.5. The Labute approximate surface area is 180 Å². The molecule has 0 amide bonds. The van der Waals surface area contributed by atoms with E-state index in [-0.39, 0.29) is 12.4 Å². The fourth-order valence-corrected chi connectivity index (χ4v) is 6.99. The lowest BCUT2D eigenvalue weighted by Gasteiger charge is -2.50. The molecule has 2 aromatic rings. The first-order valence-electron chi connectivity index (χ1n) is 11.6. The topological polar surface area (TPSA) is 37.3 Å². The predicted octanol–water partition coefficient (Wildman–Crippen LogP) is 6.09. The number of aliphatic hydroxyl groups excluding tert-OH is 1. The average Bonchev–Trinajstić information content (AvgIpc) is 3.13. The van der Waals surface area contributed by atoms with Gasteiger partial charge in [0.1, 0.15) is 0 Å². The van der Waals surface area contributed by atoms with Crippen molar-refractivity contribution in [3.05, 3.63) is 82.9 Å². The third-order valence-electron chi connectivity index (χ3n) is 8.59. The van der Waals surface area contributed by atoms with Gasteiger partial charge in [-0.05, 0) is 90.4 Å². The van der Waals surface area contributed by atoms with Gasteiger partial charge in [-0.1, -0.05) is 61.5 Å². The van der Waals surface area contributed by atoms with Gasteiger partial charge in [0.05, 0.1) is 6.61 Å². The molecule has 0 aliphatic heterocycles. The quantitative estimate of drug-likeness (QED) is 0.498. The van der Waals surface area contributed by atoms with Gasteiger partial charge in [0.15, 0.2) is 5.78 Å². The summed E-state index contributed by atoms with van der Waals surface area (Å²) in [5.74, 6) is 2.83. The highest BCUT2D eigenvalue weighted by atomic mass is 16.3. The number of allylic oxidation sites excluding steroid dienone is 2. The van der Waals surface area contributed by atoms with Crippen molar-refractivity contribution in [3.8, 4) is 0 Å². The normalized spacial score (nSPS) is 32.5. The van der Waals surface area contributed by atoms with E-state index in [9.17, 15) is 9.90 Å². The van der Waals surface area contributed by atoms with Crippen LogP contribution in [-0.4, -0.2) is 10.9 Å². The molecule has 0 saturated heterocycles. The van der Waals surface area contributed by atoms with E-state index in [1.807, 2.05) is 36.4 Å². The summed E-state index contributed by atoms with van der Waals surface area (Å²) in [5.41, 5.74) is 5.15. The number of aliphatic hydroxyl groups is 1. The Bertz CT molecular complexity index is 960. The van der Waals surface area contributed by atoms with Crippen LogP contribution in [0.3, 0.4) is 0 Å². The molecule has 0 spiro atoms. The van der Waals surface area contributed by atoms with E-state index in [0.29, 0.717) is 17.3 Å². The first-order valence-corrected chi connectivity index (χ1v) is 11.6. The third-order valence-corrected chi connectivity index (χ3v) is 8.59. The van der Waals surface area contributed by atoms with Gasteiger partial charge in [-0.15, -0.1) is 0 Å². The minimum atomic E-state index is 0.127. The number of carbonyl (C=O) groups is 1. The smallest absolute Gasteiger partial charge is 0.185 e. The fourth-order valence-electron chi connectivity index (χ4n) is 6.99. The first kappa shape index (κ1) is 19.8. The van der Waals surface area contributed by atoms with Crippen LogP contribution in [0.1, 0.15) is 72.0 Å².